The standard InChI is InChI=1S/C21H28N2O3S2/c1-15-14-16(2)18(4)21(17(15)3)28(25,26)23-11-9-22(10-12-23)20(24)8-7-19-6-5-13-27-19/h5-6,13-14H,7-12H2,1-4H3. The number of rotatable bonds is 5. The molecule has 1 aromatic carbocycles. The molecule has 1 fully saturated rings. The summed E-state index contributed by atoms with van der Waals surface area (Å²) >= 11 is 1.66. The number of hydrogen-bond donors (Lipinski definition) is 0. The third kappa shape index (κ3) is 4.16. The molecule has 1 saturated heterocycles. The first-order valence-electron chi connectivity index (χ1n) is 9.59. The first-order chi connectivity index (χ1) is 13.2. The number of aryl methyl sites for hydroxylation is 3. The average molecular weight is 421 g/mol. The van der Waals surface area contributed by atoms with E-state index in [1.165, 1.54) is 9.18 Å². The molecule has 0 unspecified atom stereocenters. The zero-order valence-corrected chi connectivity index (χ0v) is 18.6. The van der Waals surface area contributed by atoms with Crippen molar-refractivity contribution in [1.82, 2.24) is 9.21 Å². The van der Waals surface area contributed by atoms with Crippen molar-refractivity contribution in [3.05, 3.63) is 50.7 Å². The van der Waals surface area contributed by atoms with Crippen LogP contribution in [0.25, 0.3) is 0 Å². The van der Waals surface area contributed by atoms with Crippen molar-refractivity contribution in [2.45, 2.75) is 45.4 Å². The van der Waals surface area contributed by atoms with Gasteiger partial charge in [0.05, 0.1) is 4.90 Å². The molecule has 2 heterocycles. The summed E-state index contributed by atoms with van der Waals surface area (Å²) in [6, 6.07) is 6.07. The molecule has 3 rings (SSSR count). The molecule has 28 heavy (non-hydrogen) atoms. The van der Waals surface area contributed by atoms with E-state index in [-0.39, 0.29) is 5.91 Å². The summed E-state index contributed by atoms with van der Waals surface area (Å²) in [6.45, 7) is 9.24. The third-order valence-corrected chi connectivity index (χ3v) is 8.76. The van der Waals surface area contributed by atoms with E-state index in [4.69, 9.17) is 0 Å². The maximum absolute atomic E-state index is 13.3. The molecule has 0 atom stereocenters. The Morgan fingerprint density at radius 3 is 2.18 bits per heavy atom. The lowest BCUT2D eigenvalue weighted by atomic mass is 10.0. The summed E-state index contributed by atoms with van der Waals surface area (Å²) < 4.78 is 28.2. The molecule has 0 N–H and O–H groups in total. The quantitative estimate of drug-likeness (QED) is 0.744. The zero-order chi connectivity index (χ0) is 20.5. The van der Waals surface area contributed by atoms with Crippen LogP contribution in [0.5, 0.6) is 0 Å². The van der Waals surface area contributed by atoms with Gasteiger partial charge in [0.2, 0.25) is 15.9 Å². The van der Waals surface area contributed by atoms with E-state index in [1.54, 1.807) is 16.2 Å². The van der Waals surface area contributed by atoms with E-state index in [9.17, 15) is 13.2 Å². The van der Waals surface area contributed by atoms with Crippen LogP contribution in [0.15, 0.2) is 28.5 Å². The highest BCUT2D eigenvalue weighted by Crippen LogP contribution is 2.29. The van der Waals surface area contributed by atoms with Gasteiger partial charge in [0.25, 0.3) is 0 Å². The van der Waals surface area contributed by atoms with Crippen molar-refractivity contribution in [3.8, 4) is 0 Å². The number of piperazine rings is 1. The molecule has 5 nitrogen and oxygen atoms in total. The molecular formula is C21H28N2O3S2. The second kappa shape index (κ2) is 8.35. The van der Waals surface area contributed by atoms with Gasteiger partial charge >= 0.3 is 0 Å². The molecule has 2 aromatic rings. The number of hydrogen-bond acceptors (Lipinski definition) is 4. The second-order valence-corrected chi connectivity index (χ2v) is 10.4. The Hall–Kier alpha value is -1.70. The fourth-order valence-electron chi connectivity index (χ4n) is 3.72. The summed E-state index contributed by atoms with van der Waals surface area (Å²) in [4.78, 5) is 15.9. The van der Waals surface area contributed by atoms with Gasteiger partial charge in [-0.2, -0.15) is 4.31 Å². The van der Waals surface area contributed by atoms with E-state index >= 15 is 0 Å². The number of carbonyl (C=O) groups is 1. The van der Waals surface area contributed by atoms with Crippen LogP contribution in [0.2, 0.25) is 0 Å². The molecule has 0 spiro atoms. The van der Waals surface area contributed by atoms with Gasteiger partial charge in [-0.25, -0.2) is 8.42 Å². The van der Waals surface area contributed by atoms with E-state index in [0.29, 0.717) is 37.5 Å². The minimum atomic E-state index is -3.57. The van der Waals surface area contributed by atoms with Gasteiger partial charge in [0, 0.05) is 37.5 Å². The molecule has 0 bridgehead atoms. The number of thiophene rings is 1. The molecule has 1 aliphatic rings. The Morgan fingerprint density at radius 2 is 1.64 bits per heavy atom. The minimum Gasteiger partial charge on any atom is -0.340 e. The van der Waals surface area contributed by atoms with E-state index in [2.05, 4.69) is 0 Å². The Bertz CT molecular complexity index is 932. The largest absolute Gasteiger partial charge is 0.340 e. The molecular weight excluding hydrogens is 392 g/mol. The fourth-order valence-corrected chi connectivity index (χ4v) is 6.42. The first-order valence-corrected chi connectivity index (χ1v) is 11.9. The van der Waals surface area contributed by atoms with Crippen LogP contribution < -0.4 is 0 Å². The monoisotopic (exact) mass is 420 g/mol. The van der Waals surface area contributed by atoms with Crippen LogP contribution in [0.1, 0.15) is 33.6 Å². The molecule has 7 heteroatoms. The predicted octanol–water partition coefficient (Wildman–Crippen LogP) is 3.45. The molecule has 0 aliphatic carbocycles. The van der Waals surface area contributed by atoms with Crippen LogP contribution in [-0.4, -0.2) is 49.7 Å². The lowest BCUT2D eigenvalue weighted by Gasteiger charge is -2.35. The number of nitrogens with zero attached hydrogens (tertiary/aromatic N) is 2. The highest BCUT2D eigenvalue weighted by atomic mass is 32.2. The van der Waals surface area contributed by atoms with Crippen molar-refractivity contribution >= 4 is 27.3 Å². The number of sulfonamides is 1. The van der Waals surface area contributed by atoms with Gasteiger partial charge in [0.15, 0.2) is 0 Å². The van der Waals surface area contributed by atoms with Crippen molar-refractivity contribution in [2.75, 3.05) is 26.2 Å². The zero-order valence-electron chi connectivity index (χ0n) is 17.0. The van der Waals surface area contributed by atoms with Crippen molar-refractivity contribution in [3.63, 3.8) is 0 Å². The Labute approximate surface area is 172 Å². The topological polar surface area (TPSA) is 57.7 Å². The molecule has 0 radical (unpaired) electrons. The van der Waals surface area contributed by atoms with Crippen LogP contribution >= 0.6 is 11.3 Å². The van der Waals surface area contributed by atoms with Gasteiger partial charge in [-0.05, 0) is 67.8 Å². The van der Waals surface area contributed by atoms with Gasteiger partial charge in [0.1, 0.15) is 0 Å². The normalized spacial score (nSPS) is 15.8. The lowest BCUT2D eigenvalue weighted by molar-refractivity contribution is -0.132. The molecule has 0 saturated carbocycles. The highest BCUT2D eigenvalue weighted by Gasteiger charge is 2.32. The first kappa shape index (κ1) is 21.0. The Morgan fingerprint density at radius 1 is 1.04 bits per heavy atom. The molecule has 1 aliphatic heterocycles. The van der Waals surface area contributed by atoms with Crippen LogP contribution in [0.4, 0.5) is 0 Å². The van der Waals surface area contributed by atoms with Crippen molar-refractivity contribution < 1.29 is 13.2 Å². The Kier molecular flexibility index (Phi) is 6.27. The van der Waals surface area contributed by atoms with Crippen molar-refractivity contribution in [1.29, 1.82) is 0 Å². The van der Waals surface area contributed by atoms with Crippen LogP contribution in [0, 0.1) is 27.7 Å². The Balaban J connectivity index is 1.68. The summed E-state index contributed by atoms with van der Waals surface area (Å²) in [5.41, 5.74) is 3.61. The summed E-state index contributed by atoms with van der Waals surface area (Å²) in [5.74, 6) is 0.101. The lowest BCUT2D eigenvalue weighted by Crippen LogP contribution is -2.50. The van der Waals surface area contributed by atoms with Crippen molar-refractivity contribution in [2.24, 2.45) is 0 Å². The molecule has 1 amide bonds. The van der Waals surface area contributed by atoms with Gasteiger partial charge in [-0.15, -0.1) is 11.3 Å². The fraction of sp³-hybridized carbons (Fsp3) is 0.476. The number of carbonyl (C=O) groups excluding carboxylic acids is 1. The van der Waals surface area contributed by atoms with Gasteiger partial charge < -0.3 is 4.90 Å². The maximum Gasteiger partial charge on any atom is 0.243 e. The van der Waals surface area contributed by atoms with Gasteiger partial charge in [-0.3, -0.25) is 4.79 Å². The van der Waals surface area contributed by atoms with E-state index < -0.39 is 10.0 Å². The SMILES string of the molecule is Cc1cc(C)c(C)c(S(=O)(=O)N2CCN(C(=O)CCc3cccs3)CC2)c1C. The minimum absolute atomic E-state index is 0.101. The summed E-state index contributed by atoms with van der Waals surface area (Å²) in [7, 11) is -3.57. The third-order valence-electron chi connectivity index (χ3n) is 5.65. The van der Waals surface area contributed by atoms with E-state index in [1.807, 2.05) is 51.3 Å². The van der Waals surface area contributed by atoms with Crippen LogP contribution in [-0.2, 0) is 21.2 Å². The van der Waals surface area contributed by atoms with Crippen LogP contribution in [0.3, 0.4) is 0 Å². The summed E-state index contributed by atoms with van der Waals surface area (Å²) in [5, 5.41) is 2.01. The molecule has 152 valence electrons. The number of amides is 1. The predicted molar refractivity (Wildman–Crippen MR) is 113 cm³/mol. The summed E-state index contributed by atoms with van der Waals surface area (Å²) in [6.07, 6.45) is 1.22. The second-order valence-electron chi connectivity index (χ2n) is 7.45. The van der Waals surface area contributed by atoms with E-state index in [0.717, 1.165) is 28.7 Å². The highest BCUT2D eigenvalue weighted by molar-refractivity contribution is 7.89. The smallest absolute Gasteiger partial charge is 0.243 e. The average Bonchev–Trinajstić information content (AvgIpc) is 3.18. The van der Waals surface area contributed by atoms with Gasteiger partial charge in [-0.1, -0.05) is 12.1 Å². The maximum atomic E-state index is 13.3. The molecule has 1 aromatic heterocycles. The number of benzene rings is 1.